The predicted octanol–water partition coefficient (Wildman–Crippen LogP) is 5.85. The van der Waals surface area contributed by atoms with Crippen molar-refractivity contribution in [1.29, 1.82) is 0 Å². The Labute approximate surface area is 196 Å². The number of Topliss-reactive ketones (excluding diaryl/α,β-unsaturated/α-hetero) is 1. The van der Waals surface area contributed by atoms with E-state index in [4.69, 9.17) is 0 Å². The first kappa shape index (κ1) is 23.7. The molecule has 34 heavy (non-hydrogen) atoms. The zero-order valence-corrected chi connectivity index (χ0v) is 19.1. The molecule has 5 nitrogen and oxygen atoms in total. The number of piperidine rings is 1. The number of amides is 1. The van der Waals surface area contributed by atoms with Gasteiger partial charge in [0.2, 0.25) is 5.91 Å². The van der Waals surface area contributed by atoms with Crippen LogP contribution in [0.3, 0.4) is 0 Å². The number of alkyl halides is 2. The quantitative estimate of drug-likeness (QED) is 0.460. The summed E-state index contributed by atoms with van der Waals surface area (Å²) in [7, 11) is 0. The number of nitrogens with zero attached hydrogens (tertiary/aromatic N) is 2. The fourth-order valence-corrected chi connectivity index (χ4v) is 4.61. The predicted molar refractivity (Wildman–Crippen MR) is 125 cm³/mol. The second-order valence-corrected chi connectivity index (χ2v) is 8.63. The molecule has 0 bridgehead atoms. The van der Waals surface area contributed by atoms with Crippen LogP contribution in [0, 0.1) is 5.82 Å². The monoisotopic (exact) mass is 469 g/mol. The molecule has 1 aliphatic rings. The smallest absolute Gasteiger partial charge is 0.266 e. The van der Waals surface area contributed by atoms with E-state index in [1.165, 1.54) is 19.1 Å². The first-order chi connectivity index (χ1) is 16.3. The van der Waals surface area contributed by atoms with Gasteiger partial charge in [-0.3, -0.25) is 14.6 Å². The number of benzene rings is 2. The fourth-order valence-electron chi connectivity index (χ4n) is 4.61. The zero-order chi connectivity index (χ0) is 24.4. The molecule has 0 saturated carbocycles. The Morgan fingerprint density at radius 2 is 1.88 bits per heavy atom. The molecule has 1 saturated heterocycles. The highest BCUT2D eigenvalue weighted by Crippen LogP contribution is 2.35. The van der Waals surface area contributed by atoms with E-state index >= 15 is 0 Å². The van der Waals surface area contributed by atoms with Crippen molar-refractivity contribution in [2.75, 3.05) is 18.4 Å². The number of carbonyl (C=O) groups excluding carboxylic acids is 2. The highest BCUT2D eigenvalue weighted by molar-refractivity contribution is 6.02. The minimum Gasteiger partial charge on any atom is -0.380 e. The average Bonchev–Trinajstić information content (AvgIpc) is 2.82. The molecule has 1 aliphatic heterocycles. The Hall–Kier alpha value is -3.42. The number of pyridine rings is 1. The molecule has 178 valence electrons. The normalized spacial score (nSPS) is 14.6. The third kappa shape index (κ3) is 4.76. The highest BCUT2D eigenvalue weighted by Gasteiger charge is 2.26. The third-order valence-electron chi connectivity index (χ3n) is 6.49. The number of nitrogens with one attached hydrogen (secondary N) is 1. The van der Waals surface area contributed by atoms with Crippen molar-refractivity contribution in [1.82, 2.24) is 9.88 Å². The Kier molecular flexibility index (Phi) is 6.86. The van der Waals surface area contributed by atoms with Gasteiger partial charge >= 0.3 is 0 Å². The van der Waals surface area contributed by atoms with Gasteiger partial charge in [0.25, 0.3) is 6.43 Å². The minimum atomic E-state index is -2.89. The van der Waals surface area contributed by atoms with Crippen LogP contribution in [-0.2, 0) is 11.3 Å². The summed E-state index contributed by atoms with van der Waals surface area (Å²) < 4.78 is 40.6. The number of ketones is 1. The summed E-state index contributed by atoms with van der Waals surface area (Å²) in [4.78, 5) is 30.3. The Bertz CT molecular complexity index is 1240. The number of anilines is 1. The van der Waals surface area contributed by atoms with Crippen LogP contribution in [0.5, 0.6) is 0 Å². The first-order valence-electron chi connectivity index (χ1n) is 11.2. The van der Waals surface area contributed by atoms with Crippen LogP contribution >= 0.6 is 0 Å². The summed E-state index contributed by atoms with van der Waals surface area (Å²) in [5.74, 6) is -0.813. The zero-order valence-electron chi connectivity index (χ0n) is 19.1. The summed E-state index contributed by atoms with van der Waals surface area (Å²) in [5, 5.41) is 3.91. The van der Waals surface area contributed by atoms with Gasteiger partial charge in [-0.25, -0.2) is 13.2 Å². The van der Waals surface area contributed by atoms with E-state index in [0.717, 1.165) is 29.9 Å². The van der Waals surface area contributed by atoms with Crippen molar-refractivity contribution in [3.05, 3.63) is 70.7 Å². The van der Waals surface area contributed by atoms with E-state index < -0.39 is 17.8 Å². The largest absolute Gasteiger partial charge is 0.380 e. The van der Waals surface area contributed by atoms with Crippen LogP contribution in [-0.4, -0.2) is 34.7 Å². The lowest BCUT2D eigenvalue weighted by molar-refractivity contribution is -0.129. The van der Waals surface area contributed by atoms with E-state index in [2.05, 4.69) is 10.3 Å². The molecule has 0 atom stereocenters. The number of likely N-dealkylation sites (tertiary alicyclic amines) is 1. The number of hydrogen-bond acceptors (Lipinski definition) is 4. The molecule has 0 radical (unpaired) electrons. The molecule has 4 rings (SSSR count). The van der Waals surface area contributed by atoms with Crippen molar-refractivity contribution in [2.24, 2.45) is 0 Å². The van der Waals surface area contributed by atoms with Crippen LogP contribution in [0.15, 0.2) is 42.6 Å². The van der Waals surface area contributed by atoms with Gasteiger partial charge in [0.15, 0.2) is 5.78 Å². The summed E-state index contributed by atoms with van der Waals surface area (Å²) in [6, 6.07) is 9.43. The van der Waals surface area contributed by atoms with Gasteiger partial charge in [-0.1, -0.05) is 18.2 Å². The number of halogens is 3. The van der Waals surface area contributed by atoms with Crippen LogP contribution in [0.4, 0.5) is 18.9 Å². The van der Waals surface area contributed by atoms with Gasteiger partial charge in [0.1, 0.15) is 5.82 Å². The van der Waals surface area contributed by atoms with Crippen molar-refractivity contribution < 1.29 is 22.8 Å². The SMILES string of the molecule is CC(=O)c1cc2nccc(NCc3cccc(C(F)F)c3F)c2cc1C1CCN(C(C)=O)CC1. The molecular weight excluding hydrogens is 443 g/mol. The molecule has 1 fully saturated rings. The molecule has 3 aromatic rings. The molecule has 0 unspecified atom stereocenters. The maximum atomic E-state index is 14.5. The first-order valence-corrected chi connectivity index (χ1v) is 11.2. The lowest BCUT2D eigenvalue weighted by atomic mass is 9.84. The summed E-state index contributed by atoms with van der Waals surface area (Å²) in [6.07, 6.45) is 0.203. The second-order valence-electron chi connectivity index (χ2n) is 8.63. The molecule has 1 amide bonds. The number of carbonyl (C=O) groups is 2. The lowest BCUT2D eigenvalue weighted by Crippen LogP contribution is -2.36. The summed E-state index contributed by atoms with van der Waals surface area (Å²) >= 11 is 0. The molecule has 0 aliphatic carbocycles. The second kappa shape index (κ2) is 9.83. The minimum absolute atomic E-state index is 0.0201. The summed E-state index contributed by atoms with van der Waals surface area (Å²) in [6.45, 7) is 4.36. The molecule has 8 heteroatoms. The van der Waals surface area contributed by atoms with Crippen LogP contribution in [0.2, 0.25) is 0 Å². The number of fused-ring (bicyclic) bond motifs is 1. The van der Waals surface area contributed by atoms with E-state index in [1.54, 1.807) is 25.3 Å². The Morgan fingerprint density at radius 1 is 1.15 bits per heavy atom. The number of hydrogen-bond donors (Lipinski definition) is 1. The fraction of sp³-hybridized carbons (Fsp3) is 0.346. The standard InChI is InChI=1S/C26H26F3N3O2/c1-15(33)20-13-24-22(12-21(20)17-7-10-32(11-8-17)16(2)34)23(6-9-30-24)31-14-18-4-3-5-19(25(18)27)26(28)29/h3-6,9,12-13,17,26H,7-8,10-11,14H2,1-2H3,(H,30,31). The van der Waals surface area contributed by atoms with Crippen molar-refractivity contribution in [2.45, 2.75) is 45.6 Å². The van der Waals surface area contributed by atoms with Crippen LogP contribution < -0.4 is 5.32 Å². The van der Waals surface area contributed by atoms with Crippen LogP contribution in [0.1, 0.15) is 66.1 Å². The van der Waals surface area contributed by atoms with Crippen LogP contribution in [0.25, 0.3) is 10.9 Å². The van der Waals surface area contributed by atoms with Gasteiger partial charge in [-0.15, -0.1) is 0 Å². The molecule has 2 aromatic carbocycles. The number of aromatic nitrogens is 1. The van der Waals surface area contributed by atoms with Crippen molar-refractivity contribution >= 4 is 28.3 Å². The van der Waals surface area contributed by atoms with E-state index in [1.807, 2.05) is 11.0 Å². The van der Waals surface area contributed by atoms with Crippen molar-refractivity contribution in [3.8, 4) is 0 Å². The van der Waals surface area contributed by atoms with Crippen molar-refractivity contribution in [3.63, 3.8) is 0 Å². The van der Waals surface area contributed by atoms with Gasteiger partial charge in [0.05, 0.1) is 11.1 Å². The molecule has 2 heterocycles. The maximum absolute atomic E-state index is 14.5. The molecule has 1 N–H and O–H groups in total. The van der Waals surface area contributed by atoms with E-state index in [9.17, 15) is 22.8 Å². The molecule has 1 aromatic heterocycles. The Balaban J connectivity index is 1.67. The van der Waals surface area contributed by atoms with Gasteiger partial charge in [-0.2, -0.15) is 0 Å². The maximum Gasteiger partial charge on any atom is 0.266 e. The van der Waals surface area contributed by atoms with Gasteiger partial charge in [-0.05, 0) is 49.4 Å². The van der Waals surface area contributed by atoms with E-state index in [0.29, 0.717) is 29.9 Å². The summed E-state index contributed by atoms with van der Waals surface area (Å²) in [5.41, 5.74) is 2.31. The van der Waals surface area contributed by atoms with Gasteiger partial charge < -0.3 is 10.2 Å². The molecular formula is C26H26F3N3O2. The third-order valence-corrected chi connectivity index (χ3v) is 6.49. The lowest BCUT2D eigenvalue weighted by Gasteiger charge is -2.32. The highest BCUT2D eigenvalue weighted by atomic mass is 19.3. The molecule has 0 spiro atoms. The van der Waals surface area contributed by atoms with Gasteiger partial charge in [0, 0.05) is 55.0 Å². The number of rotatable bonds is 6. The topological polar surface area (TPSA) is 62.3 Å². The van der Waals surface area contributed by atoms with E-state index in [-0.39, 0.29) is 29.7 Å². The average molecular weight is 470 g/mol. The Morgan fingerprint density at radius 3 is 2.53 bits per heavy atom.